The first-order valence-electron chi connectivity index (χ1n) is 9.66. The Bertz CT molecular complexity index is 531. The quantitative estimate of drug-likeness (QED) is 0.779. The molecule has 0 amide bonds. The van der Waals surface area contributed by atoms with Crippen LogP contribution in [-0.4, -0.2) is 43.9 Å². The van der Waals surface area contributed by atoms with Gasteiger partial charge in [0.15, 0.2) is 0 Å². The molecule has 134 valence electrons. The SMILES string of the molecule is COc1ccc(CCO[C@@H]2CCCC[C@H]2N2CC[C@@H](C)C2)cc1C. The molecule has 1 saturated carbocycles. The zero-order chi connectivity index (χ0) is 16.9. The number of nitrogens with zero attached hydrogens (tertiary/aromatic N) is 1. The van der Waals surface area contributed by atoms with E-state index in [-0.39, 0.29) is 0 Å². The topological polar surface area (TPSA) is 21.7 Å². The summed E-state index contributed by atoms with van der Waals surface area (Å²) in [4.78, 5) is 2.70. The van der Waals surface area contributed by atoms with Crippen molar-refractivity contribution >= 4 is 0 Å². The highest BCUT2D eigenvalue weighted by atomic mass is 16.5. The van der Waals surface area contributed by atoms with Crippen molar-refractivity contribution in [2.75, 3.05) is 26.8 Å². The molecule has 1 heterocycles. The summed E-state index contributed by atoms with van der Waals surface area (Å²) >= 11 is 0. The molecule has 0 bridgehead atoms. The lowest BCUT2D eigenvalue weighted by Crippen LogP contribution is -2.45. The van der Waals surface area contributed by atoms with E-state index in [1.165, 1.54) is 56.3 Å². The van der Waals surface area contributed by atoms with Crippen molar-refractivity contribution < 1.29 is 9.47 Å². The fourth-order valence-electron chi connectivity index (χ4n) is 4.38. The Morgan fingerprint density at radius 1 is 1.17 bits per heavy atom. The lowest BCUT2D eigenvalue weighted by atomic mass is 9.91. The van der Waals surface area contributed by atoms with Crippen LogP contribution in [0.1, 0.15) is 50.2 Å². The van der Waals surface area contributed by atoms with Crippen molar-refractivity contribution in [3.05, 3.63) is 29.3 Å². The van der Waals surface area contributed by atoms with E-state index in [0.29, 0.717) is 12.1 Å². The third-order valence-corrected chi connectivity index (χ3v) is 5.77. The first-order chi connectivity index (χ1) is 11.7. The number of aryl methyl sites for hydroxylation is 1. The second-order valence-corrected chi connectivity index (χ2v) is 7.70. The Labute approximate surface area is 147 Å². The molecule has 3 nitrogen and oxygen atoms in total. The standard InChI is InChI=1S/C21H33NO2/c1-16-10-12-22(15-16)19-6-4-5-7-21(19)24-13-11-18-8-9-20(23-3)17(2)14-18/h8-9,14,16,19,21H,4-7,10-13,15H2,1-3H3/t16-,19-,21-/m1/s1. The first kappa shape index (κ1) is 17.8. The number of hydrogen-bond acceptors (Lipinski definition) is 3. The second-order valence-electron chi connectivity index (χ2n) is 7.70. The van der Waals surface area contributed by atoms with Crippen LogP contribution in [0.3, 0.4) is 0 Å². The number of methoxy groups -OCH3 is 1. The van der Waals surface area contributed by atoms with E-state index < -0.39 is 0 Å². The molecule has 1 aliphatic carbocycles. The van der Waals surface area contributed by atoms with Gasteiger partial charge >= 0.3 is 0 Å². The third kappa shape index (κ3) is 4.31. The van der Waals surface area contributed by atoms with Crippen molar-refractivity contribution in [2.24, 2.45) is 5.92 Å². The van der Waals surface area contributed by atoms with Gasteiger partial charge in [0.05, 0.1) is 19.8 Å². The number of ether oxygens (including phenoxy) is 2. The summed E-state index contributed by atoms with van der Waals surface area (Å²) in [6, 6.07) is 7.11. The molecule has 1 aromatic carbocycles. The molecule has 2 fully saturated rings. The van der Waals surface area contributed by atoms with Gasteiger partial charge in [-0.2, -0.15) is 0 Å². The van der Waals surface area contributed by atoms with Gasteiger partial charge in [0.25, 0.3) is 0 Å². The highest BCUT2D eigenvalue weighted by Crippen LogP contribution is 2.30. The van der Waals surface area contributed by atoms with Gasteiger partial charge in [-0.05, 0) is 62.3 Å². The van der Waals surface area contributed by atoms with Crippen LogP contribution >= 0.6 is 0 Å². The summed E-state index contributed by atoms with van der Waals surface area (Å²) in [5.41, 5.74) is 2.55. The summed E-state index contributed by atoms with van der Waals surface area (Å²) in [6.07, 6.45) is 8.03. The van der Waals surface area contributed by atoms with Gasteiger partial charge in [-0.3, -0.25) is 4.90 Å². The van der Waals surface area contributed by atoms with Crippen molar-refractivity contribution in [3.63, 3.8) is 0 Å². The largest absolute Gasteiger partial charge is 0.496 e. The van der Waals surface area contributed by atoms with Crippen molar-refractivity contribution in [3.8, 4) is 5.75 Å². The van der Waals surface area contributed by atoms with Crippen molar-refractivity contribution in [2.45, 2.75) is 64.5 Å². The summed E-state index contributed by atoms with van der Waals surface area (Å²) in [5.74, 6) is 1.82. The van der Waals surface area contributed by atoms with Crippen LogP contribution in [0.5, 0.6) is 5.75 Å². The predicted octanol–water partition coefficient (Wildman–Crippen LogP) is 4.22. The van der Waals surface area contributed by atoms with Gasteiger partial charge in [0, 0.05) is 12.6 Å². The Balaban J connectivity index is 1.51. The van der Waals surface area contributed by atoms with Gasteiger partial charge in [0.2, 0.25) is 0 Å². The molecule has 0 N–H and O–H groups in total. The minimum absolute atomic E-state index is 0.434. The first-order valence-corrected chi connectivity index (χ1v) is 9.66. The highest BCUT2D eigenvalue weighted by Gasteiger charge is 2.33. The van der Waals surface area contributed by atoms with E-state index in [4.69, 9.17) is 9.47 Å². The maximum atomic E-state index is 6.37. The smallest absolute Gasteiger partial charge is 0.121 e. The molecule has 1 saturated heterocycles. The van der Waals surface area contributed by atoms with E-state index in [2.05, 4.69) is 36.9 Å². The number of hydrogen-bond donors (Lipinski definition) is 0. The van der Waals surface area contributed by atoms with Gasteiger partial charge in [-0.15, -0.1) is 0 Å². The third-order valence-electron chi connectivity index (χ3n) is 5.77. The minimum Gasteiger partial charge on any atom is -0.496 e. The number of likely N-dealkylation sites (tertiary alicyclic amines) is 1. The predicted molar refractivity (Wildman–Crippen MR) is 98.8 cm³/mol. The molecule has 0 radical (unpaired) electrons. The Morgan fingerprint density at radius 3 is 2.71 bits per heavy atom. The number of rotatable bonds is 6. The van der Waals surface area contributed by atoms with E-state index >= 15 is 0 Å². The molecule has 1 aromatic rings. The normalized spacial score (nSPS) is 28.2. The fraction of sp³-hybridized carbons (Fsp3) is 0.714. The maximum Gasteiger partial charge on any atom is 0.121 e. The summed E-state index contributed by atoms with van der Waals surface area (Å²) in [5, 5.41) is 0. The molecule has 3 rings (SSSR count). The van der Waals surface area contributed by atoms with Gasteiger partial charge in [-0.25, -0.2) is 0 Å². The molecule has 3 atom stereocenters. The molecular weight excluding hydrogens is 298 g/mol. The monoisotopic (exact) mass is 331 g/mol. The van der Waals surface area contributed by atoms with E-state index in [0.717, 1.165) is 24.7 Å². The molecule has 0 unspecified atom stereocenters. The zero-order valence-corrected chi connectivity index (χ0v) is 15.6. The highest BCUT2D eigenvalue weighted by molar-refractivity contribution is 5.36. The van der Waals surface area contributed by atoms with Gasteiger partial charge in [-0.1, -0.05) is 31.9 Å². The van der Waals surface area contributed by atoms with Crippen LogP contribution in [-0.2, 0) is 11.2 Å². The fourth-order valence-corrected chi connectivity index (χ4v) is 4.38. The Morgan fingerprint density at radius 2 is 2.00 bits per heavy atom. The van der Waals surface area contributed by atoms with E-state index in [1.807, 2.05) is 0 Å². The average Bonchev–Trinajstić information content (AvgIpc) is 3.02. The second kappa shape index (κ2) is 8.35. The lowest BCUT2D eigenvalue weighted by molar-refractivity contribution is -0.0298. The maximum absolute atomic E-state index is 6.37. The van der Waals surface area contributed by atoms with Crippen LogP contribution in [0, 0.1) is 12.8 Å². The zero-order valence-electron chi connectivity index (χ0n) is 15.6. The summed E-state index contributed by atoms with van der Waals surface area (Å²) in [7, 11) is 1.73. The average molecular weight is 332 g/mol. The van der Waals surface area contributed by atoms with Crippen LogP contribution < -0.4 is 4.74 Å². The van der Waals surface area contributed by atoms with Gasteiger partial charge < -0.3 is 9.47 Å². The lowest BCUT2D eigenvalue weighted by Gasteiger charge is -2.38. The van der Waals surface area contributed by atoms with E-state index in [1.54, 1.807) is 7.11 Å². The van der Waals surface area contributed by atoms with E-state index in [9.17, 15) is 0 Å². The van der Waals surface area contributed by atoms with Gasteiger partial charge in [0.1, 0.15) is 5.75 Å². The van der Waals surface area contributed by atoms with Crippen LogP contribution in [0.15, 0.2) is 18.2 Å². The van der Waals surface area contributed by atoms with Crippen molar-refractivity contribution in [1.29, 1.82) is 0 Å². The van der Waals surface area contributed by atoms with Crippen LogP contribution in [0.2, 0.25) is 0 Å². The molecule has 1 aliphatic heterocycles. The Kier molecular flexibility index (Phi) is 6.18. The summed E-state index contributed by atoms with van der Waals surface area (Å²) < 4.78 is 11.7. The molecule has 3 heteroatoms. The minimum atomic E-state index is 0.434. The van der Waals surface area contributed by atoms with Crippen molar-refractivity contribution in [1.82, 2.24) is 4.90 Å². The molecule has 24 heavy (non-hydrogen) atoms. The molecular formula is C21H33NO2. The van der Waals surface area contributed by atoms with Crippen LogP contribution in [0.4, 0.5) is 0 Å². The molecule has 0 spiro atoms. The molecule has 2 aliphatic rings. The Hall–Kier alpha value is -1.06. The van der Waals surface area contributed by atoms with Crippen LogP contribution in [0.25, 0.3) is 0 Å². The molecule has 0 aromatic heterocycles. The summed E-state index contributed by atoms with van der Waals surface area (Å²) in [6.45, 7) is 7.85. The number of benzene rings is 1.